The van der Waals surface area contributed by atoms with E-state index in [0.29, 0.717) is 17.5 Å². The minimum absolute atomic E-state index is 0.418. The standard InChI is InChI=1S/C52H31N3O/c1-2-15-32(16-3-1)34-17-4-5-22-40(34)50-53-49(54-51(55-50)41-24-14-23-39-38-21-9-13-28-47(38)56-48(39)41)33-29-30-46-42(31-33)37-20-8-12-27-45(37)52(46)43-25-10-6-18-35(43)36-19-7-11-26-44(36)52/h1-31H. The van der Waals surface area contributed by atoms with E-state index in [1.54, 1.807) is 0 Å². The summed E-state index contributed by atoms with van der Waals surface area (Å²) in [6.07, 6.45) is 0. The van der Waals surface area contributed by atoms with E-state index in [0.717, 1.165) is 49.8 Å². The van der Waals surface area contributed by atoms with Crippen LogP contribution in [0.15, 0.2) is 192 Å². The summed E-state index contributed by atoms with van der Waals surface area (Å²) in [5.41, 5.74) is 16.2. The van der Waals surface area contributed by atoms with E-state index < -0.39 is 5.41 Å². The van der Waals surface area contributed by atoms with Crippen molar-refractivity contribution in [3.8, 4) is 67.5 Å². The molecule has 0 amide bonds. The van der Waals surface area contributed by atoms with Gasteiger partial charge in [-0.15, -0.1) is 0 Å². The van der Waals surface area contributed by atoms with Crippen LogP contribution in [0.1, 0.15) is 22.3 Å². The Morgan fingerprint density at radius 1 is 0.321 bits per heavy atom. The summed E-state index contributed by atoms with van der Waals surface area (Å²) in [7, 11) is 0. The van der Waals surface area contributed by atoms with E-state index in [9.17, 15) is 0 Å². The van der Waals surface area contributed by atoms with Gasteiger partial charge in [-0.3, -0.25) is 0 Å². The van der Waals surface area contributed by atoms with Crippen molar-refractivity contribution in [2.24, 2.45) is 0 Å². The molecule has 1 spiro atoms. The SMILES string of the molecule is c1ccc(-c2ccccc2-c2nc(-c3ccc4c(c3)-c3ccccc3C43c4ccccc4-c4ccccc43)nc(-c3cccc4c3oc3ccccc34)n2)cc1. The van der Waals surface area contributed by atoms with Crippen LogP contribution in [0.5, 0.6) is 0 Å². The van der Waals surface area contributed by atoms with Crippen molar-refractivity contribution in [1.29, 1.82) is 0 Å². The second-order valence-electron chi connectivity index (χ2n) is 14.6. The first kappa shape index (κ1) is 31.0. The fourth-order valence-electron chi connectivity index (χ4n) is 9.46. The maximum absolute atomic E-state index is 6.53. The Kier molecular flexibility index (Phi) is 6.52. The summed E-state index contributed by atoms with van der Waals surface area (Å²) < 4.78 is 6.53. The van der Waals surface area contributed by atoms with Crippen molar-refractivity contribution in [3.63, 3.8) is 0 Å². The molecule has 0 fully saturated rings. The number of furan rings is 1. The van der Waals surface area contributed by atoms with E-state index in [1.165, 1.54) is 44.5 Å². The number of aromatic nitrogens is 3. The molecule has 4 nitrogen and oxygen atoms in total. The van der Waals surface area contributed by atoms with Crippen LogP contribution in [0.3, 0.4) is 0 Å². The second-order valence-corrected chi connectivity index (χ2v) is 14.6. The summed E-state index contributed by atoms with van der Waals surface area (Å²) in [6, 6.07) is 66.6. The number of hydrogen-bond acceptors (Lipinski definition) is 4. The molecule has 2 aromatic heterocycles. The third kappa shape index (κ3) is 4.27. The number of para-hydroxylation sites is 2. The molecular formula is C52H31N3O. The highest BCUT2D eigenvalue weighted by Crippen LogP contribution is 2.62. The van der Waals surface area contributed by atoms with Gasteiger partial charge in [-0.1, -0.05) is 170 Å². The van der Waals surface area contributed by atoms with Crippen molar-refractivity contribution in [3.05, 3.63) is 210 Å². The van der Waals surface area contributed by atoms with E-state index in [1.807, 2.05) is 36.4 Å². The molecule has 0 unspecified atom stereocenters. The molecule has 0 aliphatic heterocycles. The fraction of sp³-hybridized carbons (Fsp3) is 0.0192. The highest BCUT2D eigenvalue weighted by Gasteiger charge is 2.51. The predicted molar refractivity (Wildman–Crippen MR) is 225 cm³/mol. The maximum Gasteiger partial charge on any atom is 0.167 e. The van der Waals surface area contributed by atoms with Crippen LogP contribution in [0.25, 0.3) is 89.5 Å². The lowest BCUT2D eigenvalue weighted by atomic mass is 9.70. The third-order valence-electron chi connectivity index (χ3n) is 11.8. The van der Waals surface area contributed by atoms with Gasteiger partial charge in [0.05, 0.1) is 11.0 Å². The normalized spacial score (nSPS) is 13.1. The van der Waals surface area contributed by atoms with Gasteiger partial charge in [-0.25, -0.2) is 15.0 Å². The summed E-state index contributed by atoms with van der Waals surface area (Å²) in [5.74, 6) is 1.77. The first-order chi connectivity index (χ1) is 27.8. The second kappa shape index (κ2) is 11.8. The van der Waals surface area contributed by atoms with Crippen molar-refractivity contribution >= 4 is 21.9 Å². The van der Waals surface area contributed by atoms with Gasteiger partial charge in [0.1, 0.15) is 11.2 Å². The molecule has 12 rings (SSSR count). The molecule has 0 saturated carbocycles. The molecule has 2 aliphatic carbocycles. The zero-order valence-electron chi connectivity index (χ0n) is 30.1. The molecule has 260 valence electrons. The van der Waals surface area contributed by atoms with Gasteiger partial charge in [-0.2, -0.15) is 0 Å². The molecule has 2 aliphatic rings. The highest BCUT2D eigenvalue weighted by molar-refractivity contribution is 6.09. The fourth-order valence-corrected chi connectivity index (χ4v) is 9.46. The molecule has 10 aromatic rings. The van der Waals surface area contributed by atoms with Crippen LogP contribution < -0.4 is 0 Å². The molecular weight excluding hydrogens is 683 g/mol. The van der Waals surface area contributed by atoms with Crippen LogP contribution in [-0.4, -0.2) is 15.0 Å². The molecule has 0 saturated heterocycles. The third-order valence-corrected chi connectivity index (χ3v) is 11.8. The number of nitrogens with zero attached hydrogens (tertiary/aromatic N) is 3. The van der Waals surface area contributed by atoms with Crippen LogP contribution in [0.4, 0.5) is 0 Å². The Labute approximate surface area is 323 Å². The maximum atomic E-state index is 6.53. The van der Waals surface area contributed by atoms with Crippen molar-refractivity contribution in [2.75, 3.05) is 0 Å². The lowest BCUT2D eigenvalue weighted by Crippen LogP contribution is -2.25. The van der Waals surface area contributed by atoms with Crippen LogP contribution in [0.2, 0.25) is 0 Å². The average Bonchev–Trinajstić information content (AvgIpc) is 3.91. The van der Waals surface area contributed by atoms with E-state index in [4.69, 9.17) is 19.4 Å². The van der Waals surface area contributed by atoms with E-state index in [-0.39, 0.29) is 0 Å². The molecule has 8 aromatic carbocycles. The van der Waals surface area contributed by atoms with Crippen LogP contribution >= 0.6 is 0 Å². The molecule has 4 heteroatoms. The predicted octanol–water partition coefficient (Wildman–Crippen LogP) is 12.8. The lowest BCUT2D eigenvalue weighted by Gasteiger charge is -2.30. The van der Waals surface area contributed by atoms with E-state index >= 15 is 0 Å². The summed E-state index contributed by atoms with van der Waals surface area (Å²) in [4.78, 5) is 15.8. The molecule has 0 atom stereocenters. The monoisotopic (exact) mass is 713 g/mol. The van der Waals surface area contributed by atoms with Gasteiger partial charge >= 0.3 is 0 Å². The average molecular weight is 714 g/mol. The van der Waals surface area contributed by atoms with Gasteiger partial charge < -0.3 is 4.42 Å². The topological polar surface area (TPSA) is 51.8 Å². The quantitative estimate of drug-likeness (QED) is 0.182. The van der Waals surface area contributed by atoms with Gasteiger partial charge in [0.25, 0.3) is 0 Å². The van der Waals surface area contributed by atoms with Crippen molar-refractivity contribution in [1.82, 2.24) is 15.0 Å². The highest BCUT2D eigenvalue weighted by atomic mass is 16.3. The Balaban J connectivity index is 1.11. The van der Waals surface area contributed by atoms with Gasteiger partial charge in [0.2, 0.25) is 0 Å². The summed E-state index contributed by atoms with van der Waals surface area (Å²) >= 11 is 0. The van der Waals surface area contributed by atoms with E-state index in [2.05, 4.69) is 152 Å². The van der Waals surface area contributed by atoms with Crippen molar-refractivity contribution in [2.45, 2.75) is 5.41 Å². The Hall–Kier alpha value is -7.43. The minimum atomic E-state index is -0.418. The van der Waals surface area contributed by atoms with Gasteiger partial charge in [0, 0.05) is 21.9 Å². The van der Waals surface area contributed by atoms with Crippen molar-refractivity contribution < 1.29 is 4.42 Å². The first-order valence-electron chi connectivity index (χ1n) is 19.0. The summed E-state index contributed by atoms with van der Waals surface area (Å²) in [6.45, 7) is 0. The molecule has 0 radical (unpaired) electrons. The number of benzene rings is 8. The van der Waals surface area contributed by atoms with Crippen LogP contribution in [-0.2, 0) is 5.41 Å². The largest absolute Gasteiger partial charge is 0.455 e. The zero-order chi connectivity index (χ0) is 36.8. The lowest BCUT2D eigenvalue weighted by molar-refractivity contribution is 0.669. The minimum Gasteiger partial charge on any atom is -0.455 e. The Bertz CT molecular complexity index is 3170. The molecule has 0 bridgehead atoms. The number of rotatable bonds is 4. The smallest absolute Gasteiger partial charge is 0.167 e. The first-order valence-corrected chi connectivity index (χ1v) is 19.0. The number of fused-ring (bicyclic) bond motifs is 13. The van der Waals surface area contributed by atoms with Gasteiger partial charge in [0.15, 0.2) is 17.5 Å². The Morgan fingerprint density at radius 2 is 0.821 bits per heavy atom. The summed E-state index contributed by atoms with van der Waals surface area (Å²) in [5, 5.41) is 2.09. The van der Waals surface area contributed by atoms with Gasteiger partial charge in [-0.05, 0) is 73.8 Å². The zero-order valence-corrected chi connectivity index (χ0v) is 30.1. The molecule has 56 heavy (non-hydrogen) atoms. The molecule has 0 N–H and O–H groups in total. The number of hydrogen-bond donors (Lipinski definition) is 0. The van der Waals surface area contributed by atoms with Crippen LogP contribution in [0, 0.1) is 0 Å². The Morgan fingerprint density at radius 3 is 1.54 bits per heavy atom. The molecule has 2 heterocycles.